The van der Waals surface area contributed by atoms with Gasteiger partial charge in [-0.05, 0) is 25.1 Å². The van der Waals surface area contributed by atoms with Crippen LogP contribution in [0.5, 0.6) is 0 Å². The van der Waals surface area contributed by atoms with Crippen molar-refractivity contribution in [3.63, 3.8) is 0 Å². The summed E-state index contributed by atoms with van der Waals surface area (Å²) in [6.07, 6.45) is 4.63. The maximum Gasteiger partial charge on any atom is 0.332 e. The van der Waals surface area contributed by atoms with Crippen LogP contribution in [0.4, 0.5) is 0 Å². The molecule has 0 heterocycles. The Bertz CT molecular complexity index is 220. The first-order chi connectivity index (χ1) is 8.39. The van der Waals surface area contributed by atoms with Crippen LogP contribution >= 0.6 is 0 Å². The molecule has 0 saturated heterocycles. The van der Waals surface area contributed by atoms with Gasteiger partial charge in [0.05, 0.1) is 8.07 Å². The Labute approximate surface area is 116 Å². The zero-order chi connectivity index (χ0) is 14.1. The highest BCUT2D eigenvalue weighted by Crippen LogP contribution is 2.23. The van der Waals surface area contributed by atoms with Crippen molar-refractivity contribution in [3.8, 4) is 0 Å². The molecule has 0 bridgehead atoms. The second kappa shape index (κ2) is 9.07. The van der Waals surface area contributed by atoms with Crippen LogP contribution in [0, 0.1) is 0 Å². The molecule has 0 amide bonds. The van der Waals surface area contributed by atoms with Gasteiger partial charge in [-0.1, -0.05) is 39.8 Å². The summed E-state index contributed by atoms with van der Waals surface area (Å²) in [6, 6.07) is 0. The Kier molecular flexibility index (Phi) is 9.12. The molecule has 0 spiro atoms. The molecule has 108 valence electrons. The highest BCUT2D eigenvalue weighted by Gasteiger charge is 2.37. The molecule has 4 heteroatoms. The Hall–Kier alpha value is 0.0938. The second-order valence-corrected chi connectivity index (χ2v) is 14.6. The summed E-state index contributed by atoms with van der Waals surface area (Å²) in [4.78, 5) is 0. The van der Waals surface area contributed by atoms with Gasteiger partial charge < -0.3 is 8.85 Å². The van der Waals surface area contributed by atoms with Crippen molar-refractivity contribution < 1.29 is 8.85 Å². The first-order valence-corrected chi connectivity index (χ1v) is 13.1. The zero-order valence-electron chi connectivity index (χ0n) is 13.1. The van der Waals surface area contributed by atoms with E-state index in [1.165, 1.54) is 12.8 Å². The van der Waals surface area contributed by atoms with Crippen LogP contribution in [0.25, 0.3) is 0 Å². The molecular weight excluding hydrogens is 256 g/mol. The van der Waals surface area contributed by atoms with Gasteiger partial charge in [0.1, 0.15) is 0 Å². The van der Waals surface area contributed by atoms with Crippen molar-refractivity contribution in [2.45, 2.75) is 64.8 Å². The second-order valence-electron chi connectivity index (χ2n) is 5.91. The number of hydrogen-bond acceptors (Lipinski definition) is 2. The molecule has 0 radical (unpaired) electrons. The van der Waals surface area contributed by atoms with E-state index in [0.717, 1.165) is 31.7 Å². The summed E-state index contributed by atoms with van der Waals surface area (Å²) < 4.78 is 12.3. The lowest BCUT2D eigenvalue weighted by Crippen LogP contribution is -2.46. The first-order valence-electron chi connectivity index (χ1n) is 7.30. The van der Waals surface area contributed by atoms with E-state index in [9.17, 15) is 0 Å². The van der Waals surface area contributed by atoms with Gasteiger partial charge in [-0.3, -0.25) is 0 Å². The summed E-state index contributed by atoms with van der Waals surface area (Å²) >= 11 is 0. The zero-order valence-corrected chi connectivity index (χ0v) is 15.1. The predicted molar refractivity (Wildman–Crippen MR) is 85.8 cm³/mol. The SMILES string of the molecule is C=C[Si](C)(C)C[Si](C)(OCCCC)OCCCC. The van der Waals surface area contributed by atoms with Gasteiger partial charge in [-0.2, -0.15) is 0 Å². The van der Waals surface area contributed by atoms with Crippen molar-refractivity contribution in [2.75, 3.05) is 13.2 Å². The molecule has 0 aliphatic rings. The molecule has 0 aliphatic carbocycles. The van der Waals surface area contributed by atoms with Gasteiger partial charge in [0.15, 0.2) is 0 Å². The van der Waals surface area contributed by atoms with Crippen LogP contribution in [0.2, 0.25) is 25.3 Å². The molecule has 18 heavy (non-hydrogen) atoms. The minimum absolute atomic E-state index is 0.854. The Morgan fingerprint density at radius 1 is 0.944 bits per heavy atom. The van der Waals surface area contributed by atoms with Crippen molar-refractivity contribution >= 4 is 16.6 Å². The summed E-state index contributed by atoms with van der Waals surface area (Å²) in [5, 5.41) is 0. The third kappa shape index (κ3) is 8.24. The minimum atomic E-state index is -1.99. The van der Waals surface area contributed by atoms with Crippen LogP contribution in [0.1, 0.15) is 39.5 Å². The smallest absolute Gasteiger partial charge is 0.332 e. The number of hydrogen-bond donors (Lipinski definition) is 0. The van der Waals surface area contributed by atoms with Crippen LogP contribution in [0.3, 0.4) is 0 Å². The van der Waals surface area contributed by atoms with E-state index in [4.69, 9.17) is 8.85 Å². The van der Waals surface area contributed by atoms with E-state index in [0.29, 0.717) is 0 Å². The maximum absolute atomic E-state index is 6.16. The van der Waals surface area contributed by atoms with Crippen molar-refractivity contribution in [2.24, 2.45) is 0 Å². The fraction of sp³-hybridized carbons (Fsp3) is 0.857. The highest BCUT2D eigenvalue weighted by molar-refractivity contribution is 6.93. The molecule has 0 atom stereocenters. The molecule has 0 rings (SSSR count). The molecular formula is C14H32O2Si2. The lowest BCUT2D eigenvalue weighted by molar-refractivity contribution is 0.172. The summed E-state index contributed by atoms with van der Waals surface area (Å²) in [6.45, 7) is 17.0. The molecule has 0 aromatic rings. The summed E-state index contributed by atoms with van der Waals surface area (Å²) in [7, 11) is -3.35. The lowest BCUT2D eigenvalue weighted by atomic mass is 10.4. The van der Waals surface area contributed by atoms with Gasteiger partial charge in [-0.15, -0.1) is 12.3 Å². The summed E-state index contributed by atoms with van der Waals surface area (Å²) in [5.41, 5.74) is 3.28. The third-order valence-electron chi connectivity index (χ3n) is 3.14. The normalized spacial score (nSPS) is 12.7. The van der Waals surface area contributed by atoms with E-state index in [2.05, 4.69) is 45.8 Å². The highest BCUT2D eigenvalue weighted by atomic mass is 28.4. The Balaban J connectivity index is 4.42. The lowest BCUT2D eigenvalue weighted by Gasteiger charge is -2.32. The van der Waals surface area contributed by atoms with Crippen LogP contribution in [-0.2, 0) is 8.85 Å². The molecule has 0 aromatic carbocycles. The largest absolute Gasteiger partial charge is 0.395 e. The van der Waals surface area contributed by atoms with E-state index < -0.39 is 16.6 Å². The van der Waals surface area contributed by atoms with Crippen molar-refractivity contribution in [1.82, 2.24) is 0 Å². The van der Waals surface area contributed by atoms with Crippen molar-refractivity contribution in [3.05, 3.63) is 12.3 Å². The van der Waals surface area contributed by atoms with Gasteiger partial charge in [0.2, 0.25) is 0 Å². The third-order valence-corrected chi connectivity index (χ3v) is 12.1. The van der Waals surface area contributed by atoms with Gasteiger partial charge in [0.25, 0.3) is 0 Å². The van der Waals surface area contributed by atoms with E-state index >= 15 is 0 Å². The molecule has 0 fully saturated rings. The molecule has 0 aliphatic heterocycles. The van der Waals surface area contributed by atoms with E-state index in [1.54, 1.807) is 0 Å². The van der Waals surface area contributed by atoms with Crippen LogP contribution in [0.15, 0.2) is 12.3 Å². The van der Waals surface area contributed by atoms with Gasteiger partial charge in [-0.25, -0.2) is 0 Å². The van der Waals surface area contributed by atoms with Crippen LogP contribution in [-0.4, -0.2) is 29.8 Å². The average Bonchev–Trinajstić information content (AvgIpc) is 2.29. The fourth-order valence-corrected chi connectivity index (χ4v) is 11.2. The standard InChI is InChI=1S/C14H32O2Si2/c1-7-10-12-15-18(6,16-13-11-8-2)14-17(4,5)9-3/h9H,3,7-8,10-14H2,1-2,4-6H3. The molecule has 0 aromatic heterocycles. The quantitative estimate of drug-likeness (QED) is 0.406. The predicted octanol–water partition coefficient (Wildman–Crippen LogP) is 4.66. The monoisotopic (exact) mass is 288 g/mol. The number of unbranched alkanes of at least 4 members (excludes halogenated alkanes) is 2. The Morgan fingerprint density at radius 3 is 1.72 bits per heavy atom. The summed E-state index contributed by atoms with van der Waals surface area (Å²) in [5.74, 6) is 0. The molecule has 0 unspecified atom stereocenters. The topological polar surface area (TPSA) is 18.5 Å². The van der Waals surface area contributed by atoms with Gasteiger partial charge in [0, 0.05) is 13.2 Å². The van der Waals surface area contributed by atoms with Crippen molar-refractivity contribution in [1.29, 1.82) is 0 Å². The van der Waals surface area contributed by atoms with Gasteiger partial charge >= 0.3 is 8.56 Å². The molecule has 2 nitrogen and oxygen atoms in total. The minimum Gasteiger partial charge on any atom is -0.395 e. The number of rotatable bonds is 11. The average molecular weight is 289 g/mol. The van der Waals surface area contributed by atoms with E-state index in [1.807, 2.05) is 0 Å². The molecule has 0 N–H and O–H groups in total. The molecule has 0 saturated carbocycles. The fourth-order valence-electron chi connectivity index (χ4n) is 1.91. The first kappa shape index (κ1) is 18.1. The maximum atomic E-state index is 6.16. The van der Waals surface area contributed by atoms with Crippen LogP contribution < -0.4 is 0 Å². The van der Waals surface area contributed by atoms with E-state index in [-0.39, 0.29) is 0 Å². The Morgan fingerprint density at radius 2 is 1.39 bits per heavy atom.